The fourth-order valence-corrected chi connectivity index (χ4v) is 5.04. The largest absolute Gasteiger partial charge is 0.478 e. The van der Waals surface area contributed by atoms with E-state index in [1.807, 2.05) is 6.20 Å². The van der Waals surface area contributed by atoms with E-state index in [0.717, 1.165) is 97.5 Å². The minimum atomic E-state index is -1.01. The summed E-state index contributed by atoms with van der Waals surface area (Å²) in [7, 11) is 0. The first kappa shape index (κ1) is 24.8. The van der Waals surface area contributed by atoms with Crippen molar-refractivity contribution in [2.75, 3.05) is 88.5 Å². The molecule has 0 saturated carbocycles. The Kier molecular flexibility index (Phi) is 8.19. The van der Waals surface area contributed by atoms with Crippen LogP contribution in [0.4, 0.5) is 11.9 Å². The second-order valence-corrected chi connectivity index (χ2v) is 9.70. The lowest BCUT2D eigenvalue weighted by Crippen LogP contribution is -2.48. The zero-order chi connectivity index (χ0) is 24.7. The average molecular weight is 497 g/mol. The van der Waals surface area contributed by atoms with Crippen molar-refractivity contribution in [3.8, 4) is 0 Å². The van der Waals surface area contributed by atoms with Gasteiger partial charge in [-0.05, 0) is 31.2 Å². The van der Waals surface area contributed by atoms with E-state index in [0.29, 0.717) is 5.95 Å². The van der Waals surface area contributed by atoms with Gasteiger partial charge >= 0.3 is 5.97 Å². The second kappa shape index (κ2) is 11.9. The number of aromatic nitrogens is 4. The maximum Gasteiger partial charge on any atom is 0.338 e. The monoisotopic (exact) mass is 496 g/mol. The average Bonchev–Trinajstić information content (AvgIpc) is 2.93. The predicted octanol–water partition coefficient (Wildman–Crippen LogP) is 0.804. The number of ether oxygens (including phenoxy) is 1. The van der Waals surface area contributed by atoms with Crippen LogP contribution in [-0.2, 0) is 17.6 Å². The molecule has 2 aromatic heterocycles. The van der Waals surface area contributed by atoms with Crippen LogP contribution in [0.5, 0.6) is 0 Å². The first-order valence-corrected chi connectivity index (χ1v) is 13.1. The van der Waals surface area contributed by atoms with Gasteiger partial charge in [-0.15, -0.1) is 0 Å². The summed E-state index contributed by atoms with van der Waals surface area (Å²) < 4.78 is 5.94. The summed E-state index contributed by atoms with van der Waals surface area (Å²) in [6, 6.07) is 0. The lowest BCUT2D eigenvalue weighted by Gasteiger charge is -2.35. The van der Waals surface area contributed by atoms with Crippen molar-refractivity contribution in [1.82, 2.24) is 29.7 Å². The number of hydrogen-bond donors (Lipinski definition) is 1. The summed E-state index contributed by atoms with van der Waals surface area (Å²) in [5.74, 6) is 0.484. The molecule has 194 valence electrons. The first-order chi connectivity index (χ1) is 17.7. The molecule has 0 aromatic carbocycles. The first-order valence-electron chi connectivity index (χ1n) is 13.1. The van der Waals surface area contributed by atoms with Gasteiger partial charge in [0.15, 0.2) is 0 Å². The Labute approximate surface area is 212 Å². The lowest BCUT2D eigenvalue weighted by atomic mass is 9.98. The van der Waals surface area contributed by atoms with Crippen LogP contribution >= 0.6 is 0 Å². The van der Waals surface area contributed by atoms with E-state index in [2.05, 4.69) is 34.6 Å². The van der Waals surface area contributed by atoms with Crippen LogP contribution in [0.25, 0.3) is 0 Å². The molecule has 4 heterocycles. The van der Waals surface area contributed by atoms with Gasteiger partial charge < -0.3 is 19.6 Å². The number of hydrogen-bond acceptors (Lipinski definition) is 10. The van der Waals surface area contributed by atoms with Crippen molar-refractivity contribution in [1.29, 1.82) is 0 Å². The number of aromatic carboxylic acids is 1. The van der Waals surface area contributed by atoms with Gasteiger partial charge in [0.05, 0.1) is 18.8 Å². The van der Waals surface area contributed by atoms with Gasteiger partial charge in [0.1, 0.15) is 0 Å². The van der Waals surface area contributed by atoms with E-state index < -0.39 is 5.97 Å². The molecule has 5 rings (SSSR count). The third-order valence-corrected chi connectivity index (χ3v) is 7.35. The molecule has 36 heavy (non-hydrogen) atoms. The molecule has 0 bridgehead atoms. The van der Waals surface area contributed by atoms with Gasteiger partial charge in [0.25, 0.3) is 0 Å². The number of rotatable bonds is 9. The standard InChI is InChI=1S/C25H36N8O3/c34-23(35)21-18-26-24(27-19-21)32-9-5-30(6-10-32)13-15-36-16-14-31-7-11-33(12-8-31)25-28-17-20-3-1-2-4-22(20)29-25/h17-19H,1-16H2,(H,34,35). The third-order valence-electron chi connectivity index (χ3n) is 7.35. The highest BCUT2D eigenvalue weighted by Crippen LogP contribution is 2.21. The number of piperazine rings is 2. The van der Waals surface area contributed by atoms with Crippen molar-refractivity contribution in [3.05, 3.63) is 35.4 Å². The lowest BCUT2D eigenvalue weighted by molar-refractivity contribution is 0.0696. The zero-order valence-corrected chi connectivity index (χ0v) is 20.9. The van der Waals surface area contributed by atoms with Crippen LogP contribution in [0.3, 0.4) is 0 Å². The highest BCUT2D eigenvalue weighted by Gasteiger charge is 2.21. The maximum absolute atomic E-state index is 11.0. The second-order valence-electron chi connectivity index (χ2n) is 9.70. The summed E-state index contributed by atoms with van der Waals surface area (Å²) in [5.41, 5.74) is 2.70. The molecular weight excluding hydrogens is 460 g/mol. The molecule has 3 aliphatic rings. The molecule has 2 fully saturated rings. The Morgan fingerprint density at radius 2 is 1.33 bits per heavy atom. The predicted molar refractivity (Wildman–Crippen MR) is 136 cm³/mol. The molecule has 0 spiro atoms. The number of carboxylic acid groups (broad SMARTS) is 1. The minimum Gasteiger partial charge on any atom is -0.478 e. The van der Waals surface area contributed by atoms with Crippen LogP contribution < -0.4 is 9.80 Å². The number of anilines is 2. The van der Waals surface area contributed by atoms with Gasteiger partial charge in [-0.25, -0.2) is 24.7 Å². The molecule has 1 N–H and O–H groups in total. The molecule has 0 unspecified atom stereocenters. The Hall–Kier alpha value is -2.89. The van der Waals surface area contributed by atoms with Crippen LogP contribution in [0, 0.1) is 0 Å². The number of carbonyl (C=O) groups is 1. The molecule has 11 nitrogen and oxygen atoms in total. The van der Waals surface area contributed by atoms with Crippen molar-refractivity contribution in [3.63, 3.8) is 0 Å². The SMILES string of the molecule is O=C(O)c1cnc(N2CCN(CCOCCN3CCN(c4ncc5c(n4)CCCC5)CC3)CC2)nc1. The van der Waals surface area contributed by atoms with E-state index in [9.17, 15) is 4.79 Å². The van der Waals surface area contributed by atoms with Crippen molar-refractivity contribution in [2.24, 2.45) is 0 Å². The fourth-order valence-electron chi connectivity index (χ4n) is 5.04. The highest BCUT2D eigenvalue weighted by molar-refractivity contribution is 5.86. The quantitative estimate of drug-likeness (QED) is 0.498. The summed E-state index contributed by atoms with van der Waals surface area (Å²) in [6.45, 7) is 10.8. The topological polar surface area (TPSA) is 111 Å². The van der Waals surface area contributed by atoms with Gasteiger partial charge in [-0.1, -0.05) is 0 Å². The maximum atomic E-state index is 11.0. The van der Waals surface area contributed by atoms with Crippen LogP contribution in [0.15, 0.2) is 18.6 Å². The molecular formula is C25H36N8O3. The van der Waals surface area contributed by atoms with Gasteiger partial charge in [0.2, 0.25) is 11.9 Å². The van der Waals surface area contributed by atoms with E-state index in [4.69, 9.17) is 14.8 Å². The summed E-state index contributed by atoms with van der Waals surface area (Å²) in [4.78, 5) is 38.1. The van der Waals surface area contributed by atoms with Gasteiger partial charge in [-0.3, -0.25) is 9.80 Å². The Bertz CT molecular complexity index is 1000. The third kappa shape index (κ3) is 6.26. The molecule has 11 heteroatoms. The summed E-state index contributed by atoms with van der Waals surface area (Å²) in [5, 5.41) is 8.98. The molecule has 1 aliphatic carbocycles. The zero-order valence-electron chi connectivity index (χ0n) is 20.9. The van der Waals surface area contributed by atoms with Crippen LogP contribution in [0.2, 0.25) is 0 Å². The van der Waals surface area contributed by atoms with Crippen LogP contribution in [0.1, 0.15) is 34.5 Å². The molecule has 0 amide bonds. The van der Waals surface area contributed by atoms with E-state index in [1.165, 1.54) is 36.5 Å². The van der Waals surface area contributed by atoms with E-state index in [1.54, 1.807) is 0 Å². The number of carboxylic acids is 1. The molecule has 0 atom stereocenters. The van der Waals surface area contributed by atoms with Crippen molar-refractivity contribution < 1.29 is 14.6 Å². The summed E-state index contributed by atoms with van der Waals surface area (Å²) >= 11 is 0. The normalized spacial score (nSPS) is 19.3. The fraction of sp³-hybridized carbons (Fsp3) is 0.640. The van der Waals surface area contributed by atoms with Crippen molar-refractivity contribution in [2.45, 2.75) is 25.7 Å². The minimum absolute atomic E-state index is 0.111. The molecule has 2 aliphatic heterocycles. The summed E-state index contributed by atoms with van der Waals surface area (Å²) in [6.07, 6.45) is 9.50. The molecule has 0 radical (unpaired) electrons. The Balaban J connectivity index is 0.943. The highest BCUT2D eigenvalue weighted by atomic mass is 16.5. The Morgan fingerprint density at radius 1 is 0.778 bits per heavy atom. The number of fused-ring (bicyclic) bond motifs is 1. The van der Waals surface area contributed by atoms with Crippen molar-refractivity contribution >= 4 is 17.9 Å². The Morgan fingerprint density at radius 3 is 1.94 bits per heavy atom. The van der Waals surface area contributed by atoms with E-state index in [-0.39, 0.29) is 5.56 Å². The van der Waals surface area contributed by atoms with Crippen LogP contribution in [-0.4, -0.2) is 119 Å². The molecule has 2 saturated heterocycles. The van der Waals surface area contributed by atoms with Gasteiger partial charge in [0, 0.05) is 89.7 Å². The molecule has 2 aromatic rings. The van der Waals surface area contributed by atoms with Gasteiger partial charge in [-0.2, -0.15) is 0 Å². The van der Waals surface area contributed by atoms with E-state index >= 15 is 0 Å². The smallest absolute Gasteiger partial charge is 0.338 e. The number of nitrogens with zero attached hydrogens (tertiary/aromatic N) is 8. The number of aryl methyl sites for hydroxylation is 2.